The molecule has 1 heterocycles. The van der Waals surface area contributed by atoms with Crippen LogP contribution in [-0.4, -0.2) is 33.5 Å². The normalized spacial score (nSPS) is 25.0. The van der Waals surface area contributed by atoms with Gasteiger partial charge in [-0.15, -0.1) is 0 Å². The molecule has 16 heavy (non-hydrogen) atoms. The van der Waals surface area contributed by atoms with Crippen molar-refractivity contribution >= 4 is 26.6 Å². The van der Waals surface area contributed by atoms with Crippen molar-refractivity contribution < 1.29 is 18.4 Å². The van der Waals surface area contributed by atoms with Gasteiger partial charge in [0.2, 0.25) is 0 Å². The van der Waals surface area contributed by atoms with Gasteiger partial charge in [-0.25, -0.2) is 0 Å². The van der Waals surface area contributed by atoms with Crippen LogP contribution in [0.2, 0.25) is 4.82 Å². The van der Waals surface area contributed by atoms with E-state index in [0.717, 1.165) is 0 Å². The molecule has 0 aliphatic carbocycles. The summed E-state index contributed by atoms with van der Waals surface area (Å²) in [7, 11) is 0. The first-order valence-electron chi connectivity index (χ1n) is 5.38. The minimum atomic E-state index is -2.97. The Morgan fingerprint density at radius 3 is 2.38 bits per heavy atom. The van der Waals surface area contributed by atoms with Gasteiger partial charge >= 0.3 is 103 Å². The third kappa shape index (κ3) is 3.97. The number of Topliss-reactive ketones (excluding diaryl/α,β-unsaturated/α-hetero) is 1. The number of hydrogen-bond donors (Lipinski definition) is 0. The van der Waals surface area contributed by atoms with E-state index in [1.807, 2.05) is 20.8 Å². The number of ketones is 1. The molecule has 1 atom stereocenters. The fourth-order valence-corrected chi connectivity index (χ4v) is 7.86. The Morgan fingerprint density at radius 2 is 1.94 bits per heavy atom. The molecule has 0 saturated carbocycles. The van der Waals surface area contributed by atoms with E-state index in [0.29, 0.717) is 19.6 Å². The first-order chi connectivity index (χ1) is 7.28. The molecule has 0 aromatic rings. The van der Waals surface area contributed by atoms with Crippen LogP contribution < -0.4 is 0 Å². The molecule has 94 valence electrons. The predicted octanol–water partition coefficient (Wildman–Crippen LogP) is 2.66. The second kappa shape index (κ2) is 5.32. The fourth-order valence-electron chi connectivity index (χ4n) is 1.19. The molecule has 1 aliphatic heterocycles. The molecule has 1 aliphatic rings. The van der Waals surface area contributed by atoms with Crippen molar-refractivity contribution in [3.05, 3.63) is 0 Å². The summed E-state index contributed by atoms with van der Waals surface area (Å²) in [6.07, 6.45) is -2.49. The van der Waals surface area contributed by atoms with Gasteiger partial charge in [0, 0.05) is 0 Å². The van der Waals surface area contributed by atoms with Crippen molar-refractivity contribution in [3.8, 4) is 0 Å². The number of carbonyl (C=O) groups excluding carboxylic acids is 1. The molecule has 1 rings (SSSR count). The van der Waals surface area contributed by atoms with Crippen LogP contribution in [0.15, 0.2) is 0 Å². The molecular formula is C10H19O4PSe. The zero-order valence-electron chi connectivity index (χ0n) is 10.2. The van der Waals surface area contributed by atoms with Gasteiger partial charge in [0.05, 0.1) is 0 Å². The molecule has 4 nitrogen and oxygen atoms in total. The van der Waals surface area contributed by atoms with Crippen LogP contribution in [0.4, 0.5) is 0 Å². The maximum absolute atomic E-state index is 12.2. The van der Waals surface area contributed by atoms with Crippen LogP contribution in [0, 0.1) is 5.41 Å². The standard InChI is InChI=1S/C10H19O4PSe/c1-5-9(11)8(2)16-15(12)13-6-10(3,4)7-14-15/h8H,5-7H2,1-4H3. The maximum atomic E-state index is 12.2. The molecular weight excluding hydrogens is 294 g/mol. The van der Waals surface area contributed by atoms with Crippen molar-refractivity contribution in [2.75, 3.05) is 13.2 Å². The van der Waals surface area contributed by atoms with Gasteiger partial charge in [0.1, 0.15) is 0 Å². The van der Waals surface area contributed by atoms with E-state index in [2.05, 4.69) is 0 Å². The minimum absolute atomic E-state index is 0.0814. The van der Waals surface area contributed by atoms with Gasteiger partial charge in [0.25, 0.3) is 0 Å². The second-order valence-electron chi connectivity index (χ2n) is 4.73. The molecule has 0 radical (unpaired) electrons. The summed E-state index contributed by atoms with van der Waals surface area (Å²) in [6, 6.07) is 0. The van der Waals surface area contributed by atoms with E-state index in [9.17, 15) is 9.36 Å². The van der Waals surface area contributed by atoms with Crippen molar-refractivity contribution in [2.24, 2.45) is 5.41 Å². The van der Waals surface area contributed by atoms with Crippen LogP contribution >= 0.6 is 6.29 Å². The SMILES string of the molecule is CCC(=O)C(C)[Se]P1(=O)OCC(C)(C)CO1. The van der Waals surface area contributed by atoms with Crippen LogP contribution in [0.1, 0.15) is 34.1 Å². The summed E-state index contributed by atoms with van der Waals surface area (Å²) in [5.74, 6) is 0.132. The van der Waals surface area contributed by atoms with Crippen molar-refractivity contribution in [2.45, 2.75) is 38.9 Å². The molecule has 1 saturated heterocycles. The van der Waals surface area contributed by atoms with Crippen molar-refractivity contribution in [1.82, 2.24) is 0 Å². The Hall–Kier alpha value is 0.339. The van der Waals surface area contributed by atoms with Gasteiger partial charge in [-0.2, -0.15) is 0 Å². The van der Waals surface area contributed by atoms with E-state index >= 15 is 0 Å². The number of carbonyl (C=O) groups is 1. The molecule has 0 bridgehead atoms. The summed E-state index contributed by atoms with van der Waals surface area (Å²) in [5, 5.41) is 0. The van der Waals surface area contributed by atoms with Gasteiger partial charge in [-0.1, -0.05) is 0 Å². The Kier molecular flexibility index (Phi) is 4.79. The first kappa shape index (κ1) is 14.4. The Morgan fingerprint density at radius 1 is 1.44 bits per heavy atom. The Labute approximate surface area is 103 Å². The Balaban J connectivity index is 2.55. The van der Waals surface area contributed by atoms with Gasteiger partial charge in [-0.05, 0) is 0 Å². The quantitative estimate of drug-likeness (QED) is 0.591. The van der Waals surface area contributed by atoms with Crippen LogP contribution in [0.25, 0.3) is 0 Å². The molecule has 0 aromatic heterocycles. The summed E-state index contributed by atoms with van der Waals surface area (Å²) in [6.45, 7) is 8.51. The number of hydrogen-bond acceptors (Lipinski definition) is 4. The molecule has 0 aromatic carbocycles. The number of rotatable bonds is 4. The molecule has 0 amide bonds. The third-order valence-electron chi connectivity index (χ3n) is 2.32. The van der Waals surface area contributed by atoms with Crippen molar-refractivity contribution in [3.63, 3.8) is 0 Å². The van der Waals surface area contributed by atoms with Gasteiger partial charge in [-0.3, -0.25) is 0 Å². The van der Waals surface area contributed by atoms with E-state index in [1.165, 1.54) is 0 Å². The van der Waals surface area contributed by atoms with E-state index in [4.69, 9.17) is 9.05 Å². The van der Waals surface area contributed by atoms with Crippen LogP contribution in [0.3, 0.4) is 0 Å². The molecule has 0 spiro atoms. The second-order valence-corrected chi connectivity index (χ2v) is 12.0. The van der Waals surface area contributed by atoms with E-state index in [-0.39, 0.29) is 16.0 Å². The van der Waals surface area contributed by atoms with Gasteiger partial charge < -0.3 is 0 Å². The monoisotopic (exact) mass is 314 g/mol. The molecule has 1 fully saturated rings. The van der Waals surface area contributed by atoms with Crippen molar-refractivity contribution in [1.29, 1.82) is 0 Å². The van der Waals surface area contributed by atoms with E-state index < -0.39 is 20.8 Å². The molecule has 0 N–H and O–H groups in total. The van der Waals surface area contributed by atoms with Gasteiger partial charge in [0.15, 0.2) is 0 Å². The summed E-state index contributed by atoms with van der Waals surface area (Å²) < 4.78 is 22.9. The topological polar surface area (TPSA) is 52.6 Å². The zero-order valence-corrected chi connectivity index (χ0v) is 12.8. The zero-order chi connectivity index (χ0) is 12.4. The Bertz CT molecular complexity index is 302. The average Bonchev–Trinajstić information content (AvgIpc) is 2.22. The molecule has 1 unspecified atom stereocenters. The molecule has 6 heteroatoms. The summed E-state index contributed by atoms with van der Waals surface area (Å²) in [4.78, 5) is 11.2. The van der Waals surface area contributed by atoms with Crippen LogP contribution in [0.5, 0.6) is 0 Å². The van der Waals surface area contributed by atoms with Crippen LogP contribution in [-0.2, 0) is 18.4 Å². The summed E-state index contributed by atoms with van der Waals surface area (Å²) in [5.41, 5.74) is -0.0814. The van der Waals surface area contributed by atoms with E-state index in [1.54, 1.807) is 6.92 Å². The first-order valence-corrected chi connectivity index (χ1v) is 10.1. The predicted molar refractivity (Wildman–Crippen MR) is 63.8 cm³/mol. The fraction of sp³-hybridized carbons (Fsp3) is 0.900. The average molecular weight is 313 g/mol. The third-order valence-corrected chi connectivity index (χ3v) is 9.28. The summed E-state index contributed by atoms with van der Waals surface area (Å²) >= 11 is -0.406.